The summed E-state index contributed by atoms with van der Waals surface area (Å²) >= 11 is 0. The Balaban J connectivity index is 1.52. The molecule has 14 nitrogen and oxygen atoms in total. The summed E-state index contributed by atoms with van der Waals surface area (Å²) in [4.78, 5) is 75.6. The van der Waals surface area contributed by atoms with E-state index in [-0.39, 0.29) is 19.5 Å². The second-order valence-corrected chi connectivity index (χ2v) is 8.44. The Bertz CT molecular complexity index is 1550. The molecule has 1 amide bonds. The first-order chi connectivity index (χ1) is 17.6. The van der Waals surface area contributed by atoms with E-state index in [1.54, 1.807) is 24.3 Å². The number of aromatic amines is 1. The Labute approximate surface area is 208 Å². The highest BCUT2D eigenvalue weighted by Gasteiger charge is 2.38. The van der Waals surface area contributed by atoms with Crippen molar-refractivity contribution in [1.29, 1.82) is 0 Å². The molecule has 37 heavy (non-hydrogen) atoms. The van der Waals surface area contributed by atoms with Crippen LogP contribution in [0.3, 0.4) is 0 Å². The number of imidazole rings is 1. The highest BCUT2D eigenvalue weighted by molar-refractivity contribution is 5.93. The molecule has 0 radical (unpaired) electrons. The van der Waals surface area contributed by atoms with Crippen molar-refractivity contribution in [1.82, 2.24) is 24.0 Å². The van der Waals surface area contributed by atoms with Crippen molar-refractivity contribution in [2.75, 3.05) is 13.2 Å². The highest BCUT2D eigenvalue weighted by atomic mass is 16.6. The zero-order valence-corrected chi connectivity index (χ0v) is 20.0. The molecule has 0 aliphatic carbocycles. The normalized spacial score (nSPS) is 19.2. The summed E-state index contributed by atoms with van der Waals surface area (Å²) in [5, 5.41) is 12.0. The van der Waals surface area contributed by atoms with Gasteiger partial charge in [0.2, 0.25) is 5.91 Å². The topological polar surface area (TPSA) is 184 Å². The Hall–Kier alpha value is -4.30. The SMILES string of the molecule is CC(=O)O[C@@H]1C[C@H](n2cc(C(=O)NCCn3c(=O)n(C(C)=O)c4ccccc43)c(=O)[nH]c2=O)OC1CO. The smallest absolute Gasteiger partial charge is 0.336 e. The molecule has 0 spiro atoms. The van der Waals surface area contributed by atoms with E-state index < -0.39 is 65.3 Å². The predicted molar refractivity (Wildman–Crippen MR) is 127 cm³/mol. The van der Waals surface area contributed by atoms with Crippen LogP contribution in [0.25, 0.3) is 11.0 Å². The standard InChI is InChI=1S/C23H25N5O9/c1-12(30)28-16-6-4-3-5-15(16)26(23(28)35)8-7-24-20(32)14-10-27(22(34)25-21(14)33)19-9-17(36-13(2)31)18(11-29)37-19/h3-6,10,17-19,29H,7-9,11H2,1-2H3,(H,24,32)(H,25,33,34)/t17-,18?,19-/m1/s1. The number of H-pyrrole nitrogens is 1. The average molecular weight is 515 g/mol. The van der Waals surface area contributed by atoms with Gasteiger partial charge in [0.1, 0.15) is 24.0 Å². The molecular weight excluding hydrogens is 490 g/mol. The molecule has 1 aliphatic rings. The number of ether oxygens (including phenoxy) is 2. The fourth-order valence-corrected chi connectivity index (χ4v) is 4.34. The van der Waals surface area contributed by atoms with Gasteiger partial charge < -0.3 is 19.9 Å². The van der Waals surface area contributed by atoms with Crippen LogP contribution in [-0.2, 0) is 20.8 Å². The quantitative estimate of drug-likeness (QED) is 0.331. The first-order valence-electron chi connectivity index (χ1n) is 11.4. The fraction of sp³-hybridized carbons (Fsp3) is 0.391. The van der Waals surface area contributed by atoms with Gasteiger partial charge in [-0.25, -0.2) is 14.2 Å². The second kappa shape index (κ2) is 10.4. The molecule has 1 unspecified atom stereocenters. The zero-order valence-electron chi connectivity index (χ0n) is 20.0. The van der Waals surface area contributed by atoms with E-state index in [2.05, 4.69) is 10.3 Å². The van der Waals surface area contributed by atoms with E-state index >= 15 is 0 Å². The lowest BCUT2D eigenvalue weighted by molar-refractivity contribution is -0.150. The summed E-state index contributed by atoms with van der Waals surface area (Å²) in [5.74, 6) is -1.86. The Kier molecular flexibility index (Phi) is 7.22. The fourth-order valence-electron chi connectivity index (χ4n) is 4.34. The minimum absolute atomic E-state index is 0.0108. The van der Waals surface area contributed by atoms with Crippen molar-refractivity contribution in [2.24, 2.45) is 0 Å². The van der Waals surface area contributed by atoms with Gasteiger partial charge in [-0.05, 0) is 12.1 Å². The molecule has 1 aliphatic heterocycles. The molecule has 14 heteroatoms. The van der Waals surface area contributed by atoms with Gasteiger partial charge in [-0.1, -0.05) is 12.1 Å². The largest absolute Gasteiger partial charge is 0.460 e. The van der Waals surface area contributed by atoms with E-state index in [1.807, 2.05) is 0 Å². The van der Waals surface area contributed by atoms with Gasteiger partial charge in [0.15, 0.2) is 0 Å². The predicted octanol–water partition coefficient (Wildman–Crippen LogP) is -1.05. The number of benzene rings is 1. The summed E-state index contributed by atoms with van der Waals surface area (Å²) in [6.07, 6.45) is -1.67. The number of nitrogens with one attached hydrogen (secondary N) is 2. The molecule has 1 aromatic carbocycles. The third-order valence-corrected chi connectivity index (χ3v) is 5.97. The number of aromatic nitrogens is 4. The summed E-state index contributed by atoms with van der Waals surface area (Å²) < 4.78 is 14.1. The first-order valence-corrected chi connectivity index (χ1v) is 11.4. The molecule has 2 aromatic heterocycles. The number of carbonyl (C=O) groups is 3. The van der Waals surface area contributed by atoms with Crippen LogP contribution in [0.1, 0.15) is 41.6 Å². The van der Waals surface area contributed by atoms with Gasteiger partial charge in [-0.15, -0.1) is 0 Å². The van der Waals surface area contributed by atoms with Crippen LogP contribution in [0.5, 0.6) is 0 Å². The Morgan fingerprint density at radius 2 is 1.86 bits per heavy atom. The number of para-hydroxylation sites is 2. The van der Waals surface area contributed by atoms with Gasteiger partial charge in [0.05, 0.1) is 17.6 Å². The van der Waals surface area contributed by atoms with Crippen LogP contribution < -0.4 is 22.3 Å². The van der Waals surface area contributed by atoms with E-state index in [9.17, 15) is 33.9 Å². The van der Waals surface area contributed by atoms with Gasteiger partial charge >= 0.3 is 17.3 Å². The molecule has 0 saturated carbocycles. The number of nitrogens with zero attached hydrogens (tertiary/aromatic N) is 3. The van der Waals surface area contributed by atoms with Crippen molar-refractivity contribution in [3.05, 3.63) is 67.3 Å². The average Bonchev–Trinajstić information content (AvgIpc) is 3.36. The molecule has 3 atom stereocenters. The molecule has 4 rings (SSSR count). The molecule has 3 N–H and O–H groups in total. The van der Waals surface area contributed by atoms with Crippen molar-refractivity contribution < 1.29 is 29.0 Å². The maximum atomic E-state index is 12.8. The second-order valence-electron chi connectivity index (χ2n) is 8.44. The Morgan fingerprint density at radius 1 is 1.16 bits per heavy atom. The molecular formula is C23H25N5O9. The van der Waals surface area contributed by atoms with Crippen LogP contribution in [0, 0.1) is 0 Å². The lowest BCUT2D eigenvalue weighted by Crippen LogP contribution is -2.39. The van der Waals surface area contributed by atoms with Crippen molar-refractivity contribution in [2.45, 2.75) is 45.2 Å². The number of aliphatic hydroxyl groups is 1. The molecule has 3 aromatic rings. The Morgan fingerprint density at radius 3 is 2.51 bits per heavy atom. The van der Waals surface area contributed by atoms with Crippen molar-refractivity contribution >= 4 is 28.8 Å². The minimum Gasteiger partial charge on any atom is -0.460 e. The summed E-state index contributed by atoms with van der Waals surface area (Å²) in [7, 11) is 0. The number of fused-ring (bicyclic) bond motifs is 1. The molecule has 3 heterocycles. The number of amides is 1. The summed E-state index contributed by atoms with van der Waals surface area (Å²) in [5.41, 5.74) is -1.80. The van der Waals surface area contributed by atoms with Crippen LogP contribution in [0.2, 0.25) is 0 Å². The number of rotatable bonds is 7. The monoisotopic (exact) mass is 515 g/mol. The molecule has 0 bridgehead atoms. The van der Waals surface area contributed by atoms with E-state index in [0.717, 1.165) is 15.3 Å². The maximum absolute atomic E-state index is 12.8. The molecule has 1 saturated heterocycles. The number of hydrogen-bond acceptors (Lipinski definition) is 9. The van der Waals surface area contributed by atoms with Crippen LogP contribution in [0.15, 0.2) is 44.8 Å². The zero-order chi connectivity index (χ0) is 26.9. The van der Waals surface area contributed by atoms with Crippen LogP contribution in [0.4, 0.5) is 0 Å². The number of hydrogen-bond donors (Lipinski definition) is 3. The van der Waals surface area contributed by atoms with Crippen LogP contribution >= 0.6 is 0 Å². The number of carbonyl (C=O) groups excluding carboxylic acids is 3. The summed E-state index contributed by atoms with van der Waals surface area (Å²) in [6.45, 7) is 1.94. The van der Waals surface area contributed by atoms with Gasteiger partial charge in [0, 0.05) is 39.6 Å². The van der Waals surface area contributed by atoms with Gasteiger partial charge in [-0.3, -0.25) is 33.3 Å². The lowest BCUT2D eigenvalue weighted by Gasteiger charge is -2.15. The van der Waals surface area contributed by atoms with Crippen molar-refractivity contribution in [3.8, 4) is 0 Å². The van der Waals surface area contributed by atoms with Gasteiger partial charge in [0.25, 0.3) is 11.5 Å². The number of aliphatic hydroxyl groups excluding tert-OH is 1. The minimum atomic E-state index is -1.01. The highest BCUT2D eigenvalue weighted by Crippen LogP contribution is 2.29. The van der Waals surface area contributed by atoms with E-state index in [1.165, 1.54) is 18.4 Å². The van der Waals surface area contributed by atoms with Crippen LogP contribution in [-0.4, -0.2) is 66.9 Å². The lowest BCUT2D eigenvalue weighted by atomic mass is 10.2. The van der Waals surface area contributed by atoms with Gasteiger partial charge in [-0.2, -0.15) is 0 Å². The third kappa shape index (κ3) is 5.01. The number of esters is 1. The van der Waals surface area contributed by atoms with E-state index in [0.29, 0.717) is 11.0 Å². The molecule has 196 valence electrons. The first kappa shape index (κ1) is 25.8. The van der Waals surface area contributed by atoms with Crippen molar-refractivity contribution in [3.63, 3.8) is 0 Å². The van der Waals surface area contributed by atoms with E-state index in [4.69, 9.17) is 9.47 Å². The summed E-state index contributed by atoms with van der Waals surface area (Å²) in [6, 6.07) is 6.71. The maximum Gasteiger partial charge on any atom is 0.336 e. The third-order valence-electron chi connectivity index (χ3n) is 5.97. The molecule has 1 fully saturated rings.